The first kappa shape index (κ1) is 44.5. The molecule has 0 bridgehead atoms. The second-order valence-corrected chi connectivity index (χ2v) is 34.5. The van der Waals surface area contributed by atoms with E-state index in [-0.39, 0.29) is 23.3 Å². The molecular weight excluding hydrogens is 945 g/mol. The molecule has 1 spiro atoms. The van der Waals surface area contributed by atoms with Gasteiger partial charge in [-0.1, -0.05) is 41.4 Å². The molecule has 4 aliphatic heterocycles. The summed E-state index contributed by atoms with van der Waals surface area (Å²) in [6.07, 6.45) is 8.86. The number of imidazole rings is 1. The van der Waals surface area contributed by atoms with Crippen molar-refractivity contribution in [1.82, 2.24) is 14.5 Å². The Morgan fingerprint density at radius 1 is 0.905 bits per heavy atom. The van der Waals surface area contributed by atoms with Gasteiger partial charge >= 0.3 is 114 Å². The number of phenols is 1. The van der Waals surface area contributed by atoms with E-state index in [1.54, 1.807) is 63.2 Å². The maximum absolute atomic E-state index is 11.6. The second kappa shape index (κ2) is 19.8. The molecule has 0 aliphatic carbocycles. The summed E-state index contributed by atoms with van der Waals surface area (Å²) in [5, 5.41) is 20.6. The van der Waals surface area contributed by atoms with Crippen molar-refractivity contribution >= 4 is 60.3 Å². The Balaban J connectivity index is 0.000000164. The third-order valence-electron chi connectivity index (χ3n) is 10.5. The average Bonchev–Trinajstić information content (AvgIpc) is 4.10. The molecule has 0 saturated carbocycles. The SMILES string of the molecule is CC(=O)N1CCN(c2ccc(OCC3COC(Cn4ccnc4)(c4ccc(Cl)cc4Cl)O3)cc2)CC1.O=C(O)c1ccccc1O.c1cc[n+]2c(c1)[S][Zn-2]1([O]2)[O][n+]2ccccc2[S]1. The van der Waals surface area contributed by atoms with Crippen LogP contribution in [0.3, 0.4) is 0 Å². The van der Waals surface area contributed by atoms with Crippen molar-refractivity contribution in [2.75, 3.05) is 44.3 Å². The van der Waals surface area contributed by atoms with E-state index in [1.807, 2.05) is 92.1 Å². The van der Waals surface area contributed by atoms with Gasteiger partial charge in [-0.05, 0) is 48.5 Å². The van der Waals surface area contributed by atoms with E-state index in [2.05, 4.69) is 22.0 Å². The summed E-state index contributed by atoms with van der Waals surface area (Å²) >= 11 is 9.42. The standard InChI is InChI=1S/C26H28Cl2N4O4.C7H6O3.2C5H5NOS.Zn/c1-19(33)31-10-12-32(13-11-31)21-3-5-22(6-4-21)34-15-23-16-35-26(36-23,17-30-9-8-29-18-30)24-7-2-20(27)14-25(24)28;8-6-4-2-1-3-5(6)7(9)10;2*7-6-4-2-1-3-5(6)8;/h2-9,14,18,23H,10-13,15-17H2,1H3;1-4,8H,(H,9,10);2*1-4,8H;/q;;;;+2/p-2. The number of carbonyl (C=O) groups excluding carboxylic acids is 1. The molecule has 2 N–H and O–H groups in total. The molecule has 15 nitrogen and oxygen atoms in total. The summed E-state index contributed by atoms with van der Waals surface area (Å²) in [6, 6.07) is 31.2. The van der Waals surface area contributed by atoms with Crippen LogP contribution in [0, 0.1) is 0 Å². The van der Waals surface area contributed by atoms with Crippen molar-refractivity contribution in [1.29, 1.82) is 0 Å². The molecule has 2 fully saturated rings. The number of anilines is 1. The monoisotopic (exact) mass is 984 g/mol. The molecule has 10 rings (SSSR count). The Labute approximate surface area is 382 Å². The van der Waals surface area contributed by atoms with E-state index in [0.29, 0.717) is 35.4 Å². The fraction of sp³-hybridized carbons (Fsp3) is 0.233. The van der Waals surface area contributed by atoms with E-state index in [1.165, 1.54) is 12.1 Å². The number of nitrogens with zero attached hydrogens (tertiary/aromatic N) is 6. The molecule has 2 saturated heterocycles. The number of rotatable bonds is 8. The Bertz CT molecular complexity index is 2450. The van der Waals surface area contributed by atoms with Crippen molar-refractivity contribution in [3.8, 4) is 11.5 Å². The number of piperazine rings is 1. The predicted molar refractivity (Wildman–Crippen MR) is 231 cm³/mol. The number of aromatic nitrogens is 4. The first-order valence-electron chi connectivity index (χ1n) is 20.1. The summed E-state index contributed by atoms with van der Waals surface area (Å²) < 4.78 is 36.4. The fourth-order valence-corrected chi connectivity index (χ4v) is 28.7. The van der Waals surface area contributed by atoms with Crippen molar-refractivity contribution in [3.63, 3.8) is 0 Å². The second-order valence-electron chi connectivity index (χ2n) is 14.8. The quantitative estimate of drug-likeness (QED) is 0.133. The van der Waals surface area contributed by atoms with E-state index >= 15 is 0 Å². The van der Waals surface area contributed by atoms with E-state index in [4.69, 9.17) is 55.0 Å². The van der Waals surface area contributed by atoms with E-state index in [9.17, 15) is 9.59 Å². The topological polar surface area (TPSA) is 153 Å². The van der Waals surface area contributed by atoms with Crippen LogP contribution in [0.5, 0.6) is 11.5 Å². The van der Waals surface area contributed by atoms with Crippen LogP contribution >= 0.6 is 42.7 Å². The van der Waals surface area contributed by atoms with Crippen LogP contribution < -0.4 is 26.4 Å². The minimum absolute atomic E-state index is 0.0671. The number of carboxylic acid groups (broad SMARTS) is 1. The molecule has 326 valence electrons. The molecule has 2 unspecified atom stereocenters. The van der Waals surface area contributed by atoms with Gasteiger partial charge in [0.2, 0.25) is 11.7 Å². The number of carbonyl (C=O) groups is 2. The Morgan fingerprint density at radius 2 is 1.57 bits per heavy atom. The molecule has 7 heterocycles. The first-order valence-corrected chi connectivity index (χ1v) is 32.5. The number of amides is 1. The molecule has 3 aromatic heterocycles. The molecule has 6 aromatic rings. The zero-order chi connectivity index (χ0) is 44.0. The zero-order valence-electron chi connectivity index (χ0n) is 33.9. The summed E-state index contributed by atoms with van der Waals surface area (Å²) in [5.74, 6) is -1.51. The molecule has 1 amide bonds. The third kappa shape index (κ3) is 10.7. The minimum atomic E-state index is -3.23. The third-order valence-corrected chi connectivity index (χ3v) is 29.5. The normalized spacial score (nSPS) is 19.1. The predicted octanol–water partition coefficient (Wildman–Crippen LogP) is 6.14. The first-order chi connectivity index (χ1) is 30.5. The Hall–Kier alpha value is -5.07. The number of carboxylic acids is 1. The number of benzene rings is 3. The summed E-state index contributed by atoms with van der Waals surface area (Å²) in [5.41, 5.74) is 1.75. The zero-order valence-corrected chi connectivity index (χ0v) is 40.1. The number of halogens is 2. The number of aromatic hydroxyl groups is 1. The van der Waals surface area contributed by atoms with Crippen LogP contribution in [0.2, 0.25) is 10.0 Å². The molecule has 63 heavy (non-hydrogen) atoms. The van der Waals surface area contributed by atoms with Gasteiger partial charge in [0.25, 0.3) is 0 Å². The van der Waals surface area contributed by atoms with E-state index < -0.39 is 24.8 Å². The number of fused-ring (bicyclic) bond motifs is 2. The van der Waals surface area contributed by atoms with Gasteiger partial charge in [0, 0.05) is 61.8 Å². The van der Waals surface area contributed by atoms with Gasteiger partial charge in [-0.3, -0.25) is 4.79 Å². The number of para-hydroxylation sites is 1. The molecule has 0 radical (unpaired) electrons. The van der Waals surface area contributed by atoms with Gasteiger partial charge in [-0.2, -0.15) is 0 Å². The van der Waals surface area contributed by atoms with Crippen molar-refractivity contribution in [2.24, 2.45) is 0 Å². The van der Waals surface area contributed by atoms with Gasteiger partial charge in [0.1, 0.15) is 29.8 Å². The number of pyridine rings is 2. The average molecular weight is 987 g/mol. The van der Waals surface area contributed by atoms with Gasteiger partial charge < -0.3 is 38.8 Å². The van der Waals surface area contributed by atoms with E-state index in [0.717, 1.165) is 47.7 Å². The van der Waals surface area contributed by atoms with Crippen LogP contribution in [-0.2, 0) is 39.7 Å². The molecule has 2 atom stereocenters. The summed E-state index contributed by atoms with van der Waals surface area (Å²) in [6.45, 7) is 5.80. The fourth-order valence-electron chi connectivity index (χ4n) is 7.38. The van der Waals surface area contributed by atoms with Gasteiger partial charge in [0.05, 0.1) is 24.5 Å². The summed E-state index contributed by atoms with van der Waals surface area (Å²) in [4.78, 5) is 30.1. The Kier molecular flexibility index (Phi) is 14.0. The van der Waals surface area contributed by atoms with Crippen LogP contribution in [0.25, 0.3) is 0 Å². The van der Waals surface area contributed by atoms with Crippen LogP contribution in [0.1, 0.15) is 22.8 Å². The van der Waals surface area contributed by atoms with Crippen molar-refractivity contribution in [2.45, 2.75) is 35.4 Å². The van der Waals surface area contributed by atoms with Crippen LogP contribution in [0.15, 0.2) is 144 Å². The van der Waals surface area contributed by atoms with Crippen LogP contribution in [-0.4, -0.2) is 82.0 Å². The molecule has 20 heteroatoms. The number of hydrogen-bond acceptors (Lipinski definition) is 12. The molecular formula is C43H42Cl2N6O9S2Zn. The number of ether oxygens (including phenoxy) is 3. The molecule has 4 aliphatic rings. The Morgan fingerprint density at radius 3 is 2.14 bits per heavy atom. The number of hydrogen-bond donors (Lipinski definition) is 2. The summed E-state index contributed by atoms with van der Waals surface area (Å²) in [7, 11) is 3.56. The van der Waals surface area contributed by atoms with Crippen LogP contribution in [0.4, 0.5) is 5.69 Å². The maximum atomic E-state index is 11.6. The van der Waals surface area contributed by atoms with Gasteiger partial charge in [-0.25, -0.2) is 9.78 Å². The van der Waals surface area contributed by atoms with Gasteiger partial charge in [0.15, 0.2) is 0 Å². The number of aromatic carboxylic acids is 1. The van der Waals surface area contributed by atoms with Crippen molar-refractivity contribution in [3.05, 3.63) is 155 Å². The van der Waals surface area contributed by atoms with Gasteiger partial charge in [-0.15, -0.1) is 0 Å². The van der Waals surface area contributed by atoms with Crippen molar-refractivity contribution < 1.29 is 63.9 Å². The molecule has 3 aromatic carbocycles.